The van der Waals surface area contributed by atoms with E-state index in [1.54, 1.807) is 0 Å². The normalized spacial score (nSPS) is 14.0. The molecule has 9 heteroatoms. The molecule has 0 rings (SSSR count). The number of hydrogen-bond donors (Lipinski definition) is 3. The number of hydrogen-bond acceptors (Lipinski definition) is 5. The molecule has 1 amide bonds. The Morgan fingerprint density at radius 1 is 0.443 bits per heavy atom. The number of nitrogens with one attached hydrogen (secondary N) is 1. The minimum atomic E-state index is -4.33. The first-order valence-corrected chi connectivity index (χ1v) is 36.0. The fraction of sp³-hybridized carbons (Fsp3) is 0.871. The van der Waals surface area contributed by atoms with Gasteiger partial charge >= 0.3 is 7.82 Å². The van der Waals surface area contributed by atoms with E-state index in [9.17, 15) is 19.4 Å². The highest BCUT2D eigenvalue weighted by molar-refractivity contribution is 7.47. The van der Waals surface area contributed by atoms with Crippen LogP contribution >= 0.6 is 7.82 Å². The molecule has 0 aliphatic heterocycles. The highest BCUT2D eigenvalue weighted by Crippen LogP contribution is 2.43. The molecule has 466 valence electrons. The predicted molar refractivity (Wildman–Crippen MR) is 346 cm³/mol. The molecule has 3 atom stereocenters. The molecule has 3 unspecified atom stereocenters. The van der Waals surface area contributed by atoms with Gasteiger partial charge in [0.25, 0.3) is 0 Å². The Hall–Kier alpha value is -1.54. The summed E-state index contributed by atoms with van der Waals surface area (Å²) in [4.78, 5) is 23.5. The van der Waals surface area contributed by atoms with E-state index in [0.29, 0.717) is 23.9 Å². The first-order valence-electron chi connectivity index (χ1n) is 34.5. The third-order valence-corrected chi connectivity index (χ3v) is 16.8. The second kappa shape index (κ2) is 61.0. The van der Waals surface area contributed by atoms with Crippen molar-refractivity contribution in [3.63, 3.8) is 0 Å². The maximum Gasteiger partial charge on any atom is 0.472 e. The number of unbranched alkanes of at least 4 members (excludes halogenated alkanes) is 43. The van der Waals surface area contributed by atoms with Gasteiger partial charge in [0.15, 0.2) is 0 Å². The summed E-state index contributed by atoms with van der Waals surface area (Å²) in [6.07, 6.45) is 82.1. The quantitative estimate of drug-likeness (QED) is 0.0243. The number of quaternary nitrogens is 1. The van der Waals surface area contributed by atoms with Crippen molar-refractivity contribution >= 4 is 13.7 Å². The Bertz CT molecular complexity index is 1430. The first-order chi connectivity index (χ1) is 38.5. The van der Waals surface area contributed by atoms with Crippen LogP contribution in [0, 0.1) is 0 Å². The minimum absolute atomic E-state index is 0.0763. The van der Waals surface area contributed by atoms with Gasteiger partial charge in [0.1, 0.15) is 13.2 Å². The van der Waals surface area contributed by atoms with Crippen LogP contribution in [-0.2, 0) is 18.4 Å². The van der Waals surface area contributed by atoms with Crippen LogP contribution in [0.25, 0.3) is 0 Å². The van der Waals surface area contributed by atoms with Crippen molar-refractivity contribution in [1.82, 2.24) is 5.32 Å². The number of carbonyl (C=O) groups excluding carboxylic acids is 1. The van der Waals surface area contributed by atoms with Crippen LogP contribution in [0.5, 0.6) is 0 Å². The second-order valence-electron chi connectivity index (χ2n) is 24.9. The second-order valence-corrected chi connectivity index (χ2v) is 26.3. The molecule has 0 saturated heterocycles. The van der Waals surface area contributed by atoms with E-state index in [2.05, 4.69) is 67.8 Å². The third-order valence-electron chi connectivity index (χ3n) is 15.8. The van der Waals surface area contributed by atoms with Crippen molar-refractivity contribution in [3.8, 4) is 0 Å². The number of nitrogens with zero attached hydrogens (tertiary/aromatic N) is 1. The molecule has 8 nitrogen and oxygen atoms in total. The molecule has 79 heavy (non-hydrogen) atoms. The number of likely N-dealkylation sites (N-methyl/N-ethyl adjacent to an activating group) is 1. The van der Waals surface area contributed by atoms with Gasteiger partial charge in [0.05, 0.1) is 39.9 Å². The van der Waals surface area contributed by atoms with Crippen molar-refractivity contribution < 1.29 is 32.9 Å². The molecule has 0 heterocycles. The van der Waals surface area contributed by atoms with Gasteiger partial charge in [-0.05, 0) is 51.4 Å². The van der Waals surface area contributed by atoms with E-state index in [1.807, 2.05) is 21.1 Å². The number of phosphoric acid groups is 1. The number of aliphatic hydroxyl groups excluding tert-OH is 1. The van der Waals surface area contributed by atoms with Crippen molar-refractivity contribution in [2.24, 2.45) is 0 Å². The average Bonchev–Trinajstić information content (AvgIpc) is 3.42. The van der Waals surface area contributed by atoms with E-state index >= 15 is 0 Å². The lowest BCUT2D eigenvalue weighted by Crippen LogP contribution is -2.46. The standard InChI is InChI=1S/C70H135N2O6P/c1-6-8-10-12-14-16-18-20-22-24-26-28-30-32-33-34-35-36-37-38-39-40-42-44-46-48-50-52-54-56-58-60-62-64-70(74)71-68(67-78-79(75,76)77-66-65-72(3,4)5)69(73)63-61-59-57-55-53-51-49-47-45-43-41-31-29-27-25-23-21-19-17-15-13-11-9-7-2/h8,10,14,16,20,22,26,28,68-69,73H,6-7,9,11-13,15,17-19,21,23-25,27,29-67H2,1-5H3,(H-,71,74,75,76)/p+1/b10-8-,16-14-,22-20-,28-26-. The van der Waals surface area contributed by atoms with Gasteiger partial charge < -0.3 is 19.8 Å². The zero-order chi connectivity index (χ0) is 57.7. The Morgan fingerprint density at radius 3 is 1.11 bits per heavy atom. The molecule has 3 N–H and O–H groups in total. The highest BCUT2D eigenvalue weighted by atomic mass is 31.2. The summed E-state index contributed by atoms with van der Waals surface area (Å²) in [5.41, 5.74) is 0. The van der Waals surface area contributed by atoms with Crippen molar-refractivity contribution in [2.75, 3.05) is 40.9 Å². The maximum absolute atomic E-state index is 13.1. The molecule has 0 aliphatic carbocycles. The molecule has 0 aliphatic rings. The van der Waals surface area contributed by atoms with Crippen molar-refractivity contribution in [3.05, 3.63) is 48.6 Å². The topological polar surface area (TPSA) is 105 Å². The molecular weight excluding hydrogens is 996 g/mol. The molecule has 0 bridgehead atoms. The van der Waals surface area contributed by atoms with E-state index in [0.717, 1.165) is 64.2 Å². The van der Waals surface area contributed by atoms with Crippen molar-refractivity contribution in [1.29, 1.82) is 0 Å². The van der Waals surface area contributed by atoms with Crippen LogP contribution < -0.4 is 5.32 Å². The molecule has 0 radical (unpaired) electrons. The van der Waals surface area contributed by atoms with E-state index in [1.165, 1.54) is 250 Å². The van der Waals surface area contributed by atoms with Crippen LogP contribution in [0.3, 0.4) is 0 Å². The van der Waals surface area contributed by atoms with E-state index in [-0.39, 0.29) is 19.1 Å². The van der Waals surface area contributed by atoms with Crippen LogP contribution in [0.1, 0.15) is 341 Å². The Labute approximate surface area is 492 Å². The Balaban J connectivity index is 4.00. The van der Waals surface area contributed by atoms with E-state index in [4.69, 9.17) is 9.05 Å². The smallest absolute Gasteiger partial charge is 0.391 e. The Morgan fingerprint density at radius 2 is 0.759 bits per heavy atom. The summed E-state index contributed by atoms with van der Waals surface area (Å²) in [5, 5.41) is 14.1. The summed E-state index contributed by atoms with van der Waals surface area (Å²) in [5.74, 6) is -0.138. The van der Waals surface area contributed by atoms with Crippen LogP contribution in [0.4, 0.5) is 0 Å². The maximum atomic E-state index is 13.1. The lowest BCUT2D eigenvalue weighted by Gasteiger charge is -2.26. The summed E-state index contributed by atoms with van der Waals surface area (Å²) in [7, 11) is 1.63. The van der Waals surface area contributed by atoms with Gasteiger partial charge in [-0.15, -0.1) is 0 Å². The molecule has 0 aromatic rings. The van der Waals surface area contributed by atoms with Gasteiger partial charge in [-0.1, -0.05) is 332 Å². The van der Waals surface area contributed by atoms with Crippen LogP contribution in [0.2, 0.25) is 0 Å². The third kappa shape index (κ3) is 63.9. The number of carbonyl (C=O) groups is 1. The number of phosphoric ester groups is 1. The average molecular weight is 1130 g/mol. The SMILES string of the molecule is CC/C=C\C/C=C\C/C=C\C/C=C\CCCCCCCCCCCCCCCCCCCCCCC(=O)NC(COP(=O)(O)OCC[N+](C)(C)C)C(O)CCCCCCCCCCCCCCCCCCCCCCCCCC. The molecule has 0 aromatic carbocycles. The zero-order valence-electron chi connectivity index (χ0n) is 53.4. The van der Waals surface area contributed by atoms with Crippen molar-refractivity contribution in [2.45, 2.75) is 353 Å². The number of amides is 1. The van der Waals surface area contributed by atoms with Crippen LogP contribution in [0.15, 0.2) is 48.6 Å². The molecule has 0 fully saturated rings. The number of aliphatic hydroxyl groups is 1. The Kier molecular flexibility index (Phi) is 59.8. The van der Waals surface area contributed by atoms with Gasteiger partial charge in [-0.3, -0.25) is 13.8 Å². The highest BCUT2D eigenvalue weighted by Gasteiger charge is 2.28. The molecule has 0 saturated carbocycles. The lowest BCUT2D eigenvalue weighted by atomic mass is 10.0. The molecule has 0 aromatic heterocycles. The van der Waals surface area contributed by atoms with Gasteiger partial charge in [0, 0.05) is 6.42 Å². The predicted octanol–water partition coefficient (Wildman–Crippen LogP) is 21.8. The van der Waals surface area contributed by atoms with Gasteiger partial charge in [-0.25, -0.2) is 4.57 Å². The fourth-order valence-electron chi connectivity index (χ4n) is 10.5. The minimum Gasteiger partial charge on any atom is -0.391 e. The van der Waals surface area contributed by atoms with Gasteiger partial charge in [0.2, 0.25) is 5.91 Å². The molecule has 0 spiro atoms. The van der Waals surface area contributed by atoms with Gasteiger partial charge in [-0.2, -0.15) is 0 Å². The zero-order valence-corrected chi connectivity index (χ0v) is 54.3. The summed E-state index contributed by atoms with van der Waals surface area (Å²) >= 11 is 0. The first kappa shape index (κ1) is 77.5. The van der Waals surface area contributed by atoms with Crippen LogP contribution in [-0.4, -0.2) is 73.4 Å². The number of rotatable bonds is 64. The summed E-state index contributed by atoms with van der Waals surface area (Å²) in [6.45, 7) is 4.83. The number of allylic oxidation sites excluding steroid dienone is 8. The fourth-order valence-corrected chi connectivity index (χ4v) is 11.2. The summed E-state index contributed by atoms with van der Waals surface area (Å²) in [6, 6.07) is -0.761. The van der Waals surface area contributed by atoms with E-state index < -0.39 is 20.0 Å². The largest absolute Gasteiger partial charge is 0.472 e. The molecular formula is C70H136N2O6P+. The summed E-state index contributed by atoms with van der Waals surface area (Å²) < 4.78 is 23.9. The lowest BCUT2D eigenvalue weighted by molar-refractivity contribution is -0.870. The monoisotopic (exact) mass is 1130 g/mol.